The number of nitrogens with zero attached hydrogens (tertiary/aromatic N) is 3. The molecule has 1 amide bonds. The van der Waals surface area contributed by atoms with Crippen molar-refractivity contribution >= 4 is 11.6 Å². The van der Waals surface area contributed by atoms with Gasteiger partial charge in [0.25, 0.3) is 0 Å². The van der Waals surface area contributed by atoms with E-state index in [1.54, 1.807) is 48.2 Å². The first-order chi connectivity index (χ1) is 14.0. The molecule has 7 heteroatoms. The van der Waals surface area contributed by atoms with Crippen molar-refractivity contribution in [1.82, 2.24) is 9.88 Å². The van der Waals surface area contributed by atoms with Crippen LogP contribution in [0, 0.1) is 18.6 Å². The number of hydrogen-bond donors (Lipinski definition) is 0. The van der Waals surface area contributed by atoms with Crippen molar-refractivity contribution < 1.29 is 18.0 Å². The van der Waals surface area contributed by atoms with Crippen LogP contribution in [0.4, 0.5) is 14.5 Å². The summed E-state index contributed by atoms with van der Waals surface area (Å²) in [6.07, 6.45) is 0.0868. The molecule has 0 N–H and O–H groups in total. The molecule has 1 aliphatic heterocycles. The van der Waals surface area contributed by atoms with Crippen LogP contribution in [0.15, 0.2) is 52.9 Å². The van der Waals surface area contributed by atoms with E-state index in [0.29, 0.717) is 43.3 Å². The fraction of sp³-hybridized carbons (Fsp3) is 0.273. The van der Waals surface area contributed by atoms with E-state index in [-0.39, 0.29) is 29.6 Å². The van der Waals surface area contributed by atoms with Crippen molar-refractivity contribution in [3.8, 4) is 11.5 Å². The van der Waals surface area contributed by atoms with Gasteiger partial charge in [-0.2, -0.15) is 0 Å². The molecule has 5 nitrogen and oxygen atoms in total. The highest BCUT2D eigenvalue weighted by atomic mass is 19.1. The summed E-state index contributed by atoms with van der Waals surface area (Å²) in [6.45, 7) is 3.85. The zero-order valence-corrected chi connectivity index (χ0v) is 16.1. The molecule has 1 fully saturated rings. The number of carbonyl (C=O) groups is 1. The van der Waals surface area contributed by atoms with Gasteiger partial charge in [-0.1, -0.05) is 24.3 Å². The summed E-state index contributed by atoms with van der Waals surface area (Å²) >= 11 is 0. The lowest BCUT2D eigenvalue weighted by Crippen LogP contribution is -2.49. The third kappa shape index (κ3) is 3.99. The summed E-state index contributed by atoms with van der Waals surface area (Å²) in [6, 6.07) is 12.9. The van der Waals surface area contributed by atoms with Crippen LogP contribution >= 0.6 is 0 Å². The number of carbonyl (C=O) groups excluding carboxylic acids is 1. The van der Waals surface area contributed by atoms with Gasteiger partial charge in [-0.05, 0) is 31.2 Å². The molecule has 150 valence electrons. The third-order valence-corrected chi connectivity index (χ3v) is 5.14. The molecule has 0 aliphatic carbocycles. The molecule has 0 bridgehead atoms. The van der Waals surface area contributed by atoms with Crippen LogP contribution in [0.2, 0.25) is 0 Å². The maximum absolute atomic E-state index is 14.0. The van der Waals surface area contributed by atoms with Crippen molar-refractivity contribution in [2.75, 3.05) is 31.1 Å². The highest BCUT2D eigenvalue weighted by Gasteiger charge is 2.24. The third-order valence-electron chi connectivity index (χ3n) is 5.14. The van der Waals surface area contributed by atoms with Crippen LogP contribution in [0.1, 0.15) is 11.5 Å². The predicted molar refractivity (Wildman–Crippen MR) is 106 cm³/mol. The molecule has 0 atom stereocenters. The minimum absolute atomic E-state index is 0.0744. The average molecular weight is 397 g/mol. The van der Waals surface area contributed by atoms with Crippen LogP contribution in [-0.4, -0.2) is 42.0 Å². The first kappa shape index (κ1) is 19.1. The zero-order chi connectivity index (χ0) is 20.4. The molecule has 2 aromatic carbocycles. The van der Waals surface area contributed by atoms with E-state index >= 15 is 0 Å². The Morgan fingerprint density at radius 3 is 2.34 bits per heavy atom. The summed E-state index contributed by atoms with van der Waals surface area (Å²) in [5.74, 6) is -0.0777. The van der Waals surface area contributed by atoms with E-state index in [1.807, 2.05) is 4.90 Å². The second kappa shape index (κ2) is 8.03. The number of para-hydroxylation sites is 1. The van der Waals surface area contributed by atoms with E-state index in [4.69, 9.17) is 4.42 Å². The number of rotatable bonds is 4. The summed E-state index contributed by atoms with van der Waals surface area (Å²) in [5.41, 5.74) is 1.33. The second-order valence-corrected chi connectivity index (χ2v) is 7.00. The van der Waals surface area contributed by atoms with Crippen LogP contribution in [-0.2, 0) is 11.2 Å². The van der Waals surface area contributed by atoms with Gasteiger partial charge in [0.2, 0.25) is 11.8 Å². The molecule has 0 spiro atoms. The molecule has 1 aromatic heterocycles. The molecular weight excluding hydrogens is 376 g/mol. The Hall–Kier alpha value is -3.22. The SMILES string of the molecule is Cc1oc(-c2ccccc2F)nc1CC(=O)N1CCN(c2ccccc2F)CC1. The summed E-state index contributed by atoms with van der Waals surface area (Å²) in [4.78, 5) is 20.7. The Balaban J connectivity index is 1.41. The van der Waals surface area contributed by atoms with E-state index in [1.165, 1.54) is 12.1 Å². The number of benzene rings is 2. The molecule has 0 radical (unpaired) electrons. The highest BCUT2D eigenvalue weighted by molar-refractivity contribution is 5.79. The number of hydrogen-bond acceptors (Lipinski definition) is 4. The predicted octanol–water partition coefficient (Wildman–Crippen LogP) is 3.82. The fourth-order valence-corrected chi connectivity index (χ4v) is 3.50. The lowest BCUT2D eigenvalue weighted by molar-refractivity contribution is -0.130. The standard InChI is InChI=1S/C22H21F2N3O2/c1-15-19(25-22(29-15)16-6-2-3-7-17(16)23)14-21(28)27-12-10-26(11-13-27)20-9-5-4-8-18(20)24/h2-9H,10-14H2,1H3. The molecule has 3 aromatic rings. The smallest absolute Gasteiger partial charge is 0.229 e. The molecule has 4 rings (SSSR count). The number of aryl methyl sites for hydroxylation is 1. The number of aromatic nitrogens is 1. The van der Waals surface area contributed by atoms with Crippen molar-refractivity contribution in [3.63, 3.8) is 0 Å². The lowest BCUT2D eigenvalue weighted by atomic mass is 10.2. The number of piperazine rings is 1. The van der Waals surface area contributed by atoms with Gasteiger partial charge < -0.3 is 14.2 Å². The van der Waals surface area contributed by atoms with Gasteiger partial charge in [0.05, 0.1) is 23.4 Å². The normalized spacial score (nSPS) is 14.3. The van der Waals surface area contributed by atoms with Crippen molar-refractivity contribution in [2.45, 2.75) is 13.3 Å². The van der Waals surface area contributed by atoms with Gasteiger partial charge in [0.1, 0.15) is 17.4 Å². The maximum Gasteiger partial charge on any atom is 0.229 e. The van der Waals surface area contributed by atoms with Crippen molar-refractivity contribution in [3.05, 3.63) is 71.6 Å². The van der Waals surface area contributed by atoms with Gasteiger partial charge in [-0.25, -0.2) is 13.8 Å². The average Bonchev–Trinajstić information content (AvgIpc) is 3.09. The van der Waals surface area contributed by atoms with Crippen LogP contribution in [0.5, 0.6) is 0 Å². The number of amides is 1. The number of oxazole rings is 1. The Morgan fingerprint density at radius 2 is 1.66 bits per heavy atom. The Morgan fingerprint density at radius 1 is 1.00 bits per heavy atom. The summed E-state index contributed by atoms with van der Waals surface area (Å²) in [5, 5.41) is 0. The minimum Gasteiger partial charge on any atom is -0.441 e. The highest BCUT2D eigenvalue weighted by Crippen LogP contribution is 2.25. The van der Waals surface area contributed by atoms with Gasteiger partial charge in [-0.3, -0.25) is 4.79 Å². The van der Waals surface area contributed by atoms with Crippen LogP contribution in [0.3, 0.4) is 0 Å². The first-order valence-electron chi connectivity index (χ1n) is 9.51. The maximum atomic E-state index is 14.0. The molecular formula is C22H21F2N3O2. The van der Waals surface area contributed by atoms with Gasteiger partial charge in [0, 0.05) is 26.2 Å². The monoisotopic (exact) mass is 397 g/mol. The lowest BCUT2D eigenvalue weighted by Gasteiger charge is -2.36. The van der Waals surface area contributed by atoms with Crippen molar-refractivity contribution in [2.24, 2.45) is 0 Å². The molecule has 1 aliphatic rings. The van der Waals surface area contributed by atoms with Gasteiger partial charge >= 0.3 is 0 Å². The van der Waals surface area contributed by atoms with E-state index in [0.717, 1.165) is 0 Å². The molecule has 0 saturated carbocycles. The molecule has 2 heterocycles. The second-order valence-electron chi connectivity index (χ2n) is 7.00. The quantitative estimate of drug-likeness (QED) is 0.672. The van der Waals surface area contributed by atoms with E-state index in [2.05, 4.69) is 4.98 Å². The fourth-order valence-electron chi connectivity index (χ4n) is 3.50. The number of halogens is 2. The Labute approximate surface area is 167 Å². The van der Waals surface area contributed by atoms with E-state index in [9.17, 15) is 13.6 Å². The largest absolute Gasteiger partial charge is 0.441 e. The van der Waals surface area contributed by atoms with Crippen molar-refractivity contribution in [1.29, 1.82) is 0 Å². The van der Waals surface area contributed by atoms with E-state index < -0.39 is 5.82 Å². The molecule has 0 unspecified atom stereocenters. The summed E-state index contributed by atoms with van der Waals surface area (Å²) < 4.78 is 33.5. The molecule has 29 heavy (non-hydrogen) atoms. The summed E-state index contributed by atoms with van der Waals surface area (Å²) in [7, 11) is 0. The van der Waals surface area contributed by atoms with Gasteiger partial charge in [0.15, 0.2) is 0 Å². The first-order valence-corrected chi connectivity index (χ1v) is 9.51. The number of anilines is 1. The zero-order valence-electron chi connectivity index (χ0n) is 16.1. The molecule has 1 saturated heterocycles. The topological polar surface area (TPSA) is 49.6 Å². The Bertz CT molecular complexity index is 1030. The van der Waals surface area contributed by atoms with Crippen LogP contribution < -0.4 is 4.90 Å². The van der Waals surface area contributed by atoms with Crippen LogP contribution in [0.25, 0.3) is 11.5 Å². The Kier molecular flexibility index (Phi) is 5.29. The minimum atomic E-state index is -0.420. The van der Waals surface area contributed by atoms with Gasteiger partial charge in [-0.15, -0.1) is 0 Å².